The van der Waals surface area contributed by atoms with Crippen LogP contribution in [0.3, 0.4) is 0 Å². The maximum atomic E-state index is 11.9. The fourth-order valence-electron chi connectivity index (χ4n) is 2.74. The Morgan fingerprint density at radius 1 is 1.28 bits per heavy atom. The number of hydrogen-bond donors (Lipinski definition) is 3. The fraction of sp³-hybridized carbons (Fsp3) is 0.278. The van der Waals surface area contributed by atoms with Crippen molar-refractivity contribution in [3.05, 3.63) is 69.5 Å². The van der Waals surface area contributed by atoms with Gasteiger partial charge in [0.2, 0.25) is 0 Å². The first-order valence-electron chi connectivity index (χ1n) is 8.16. The Labute approximate surface area is 145 Å². The largest absolute Gasteiger partial charge is 0.338 e. The summed E-state index contributed by atoms with van der Waals surface area (Å²) < 4.78 is 1.95. The van der Waals surface area contributed by atoms with Gasteiger partial charge in [-0.3, -0.25) is 4.79 Å². The van der Waals surface area contributed by atoms with Crippen LogP contribution in [0.2, 0.25) is 0 Å². The van der Waals surface area contributed by atoms with Gasteiger partial charge in [0.1, 0.15) is 5.65 Å². The maximum absolute atomic E-state index is 11.9. The minimum atomic E-state index is -0.303. The molecule has 0 radical (unpaired) electrons. The Kier molecular flexibility index (Phi) is 4.83. The lowest BCUT2D eigenvalue weighted by atomic mass is 10.1. The van der Waals surface area contributed by atoms with Gasteiger partial charge >= 0.3 is 6.03 Å². The summed E-state index contributed by atoms with van der Waals surface area (Å²) >= 11 is 0. The molecule has 0 aliphatic rings. The number of H-pyrrole nitrogens is 1. The van der Waals surface area contributed by atoms with E-state index in [1.165, 1.54) is 0 Å². The minimum absolute atomic E-state index is 0.164. The molecule has 3 rings (SSSR count). The van der Waals surface area contributed by atoms with Crippen LogP contribution in [0.4, 0.5) is 4.79 Å². The molecule has 0 aliphatic heterocycles. The van der Waals surface area contributed by atoms with E-state index in [1.54, 1.807) is 0 Å². The van der Waals surface area contributed by atoms with Crippen molar-refractivity contribution in [2.24, 2.45) is 0 Å². The molecule has 3 N–H and O–H groups in total. The molecule has 0 unspecified atom stereocenters. The number of carbonyl (C=O) groups excluding carboxylic acids is 1. The van der Waals surface area contributed by atoms with Gasteiger partial charge in [-0.05, 0) is 37.6 Å². The summed E-state index contributed by atoms with van der Waals surface area (Å²) in [6.45, 7) is 4.36. The summed E-state index contributed by atoms with van der Waals surface area (Å²) in [5, 5.41) is 5.50. The smallest absolute Gasteiger partial charge is 0.315 e. The van der Waals surface area contributed by atoms with Gasteiger partial charge in [-0.15, -0.1) is 0 Å². The van der Waals surface area contributed by atoms with E-state index in [9.17, 15) is 9.59 Å². The predicted molar refractivity (Wildman–Crippen MR) is 95.7 cm³/mol. The SMILES string of the molecule is Cc1cc(C)c(CNC(=O)NCCc2cn3ccccc3n2)c(=O)[nH]1. The monoisotopic (exact) mass is 339 g/mol. The first-order valence-corrected chi connectivity index (χ1v) is 8.16. The molecular formula is C18H21N5O2. The van der Waals surface area contributed by atoms with Crippen LogP contribution in [-0.4, -0.2) is 26.9 Å². The number of pyridine rings is 2. The average molecular weight is 339 g/mol. The molecule has 130 valence electrons. The standard InChI is InChI=1S/C18H21N5O2/c1-12-9-13(2)21-17(24)15(12)10-20-18(25)19-7-6-14-11-23-8-4-3-5-16(23)22-14/h3-5,8-9,11H,6-7,10H2,1-2H3,(H,21,24)(H2,19,20,25). The van der Waals surface area contributed by atoms with Crippen LogP contribution in [0, 0.1) is 13.8 Å². The normalized spacial score (nSPS) is 10.8. The lowest BCUT2D eigenvalue weighted by molar-refractivity contribution is 0.240. The quantitative estimate of drug-likeness (QED) is 0.660. The van der Waals surface area contributed by atoms with Gasteiger partial charge in [-0.2, -0.15) is 0 Å². The molecule has 25 heavy (non-hydrogen) atoms. The number of nitrogens with zero attached hydrogens (tertiary/aromatic N) is 2. The van der Waals surface area contributed by atoms with Crippen LogP contribution in [0.15, 0.2) is 41.5 Å². The van der Waals surface area contributed by atoms with E-state index in [-0.39, 0.29) is 18.1 Å². The molecule has 0 bridgehead atoms. The molecule has 0 fully saturated rings. The molecule has 0 saturated carbocycles. The summed E-state index contributed by atoms with van der Waals surface area (Å²) in [5.74, 6) is 0. The number of aryl methyl sites for hydroxylation is 2. The molecule has 0 saturated heterocycles. The van der Waals surface area contributed by atoms with Crippen molar-refractivity contribution in [3.8, 4) is 0 Å². The van der Waals surface area contributed by atoms with Crippen LogP contribution in [-0.2, 0) is 13.0 Å². The zero-order chi connectivity index (χ0) is 17.8. The van der Waals surface area contributed by atoms with Gasteiger partial charge < -0.3 is 20.0 Å². The molecule has 0 atom stereocenters. The topological polar surface area (TPSA) is 91.3 Å². The molecule has 3 aromatic rings. The fourth-order valence-corrected chi connectivity index (χ4v) is 2.74. The van der Waals surface area contributed by atoms with Crippen molar-refractivity contribution in [3.63, 3.8) is 0 Å². The minimum Gasteiger partial charge on any atom is -0.338 e. The first kappa shape index (κ1) is 16.8. The van der Waals surface area contributed by atoms with Crippen LogP contribution < -0.4 is 16.2 Å². The predicted octanol–water partition coefficient (Wildman–Crippen LogP) is 1.68. The van der Waals surface area contributed by atoms with E-state index in [0.29, 0.717) is 18.5 Å². The number of urea groups is 1. The Morgan fingerprint density at radius 2 is 2.12 bits per heavy atom. The Bertz CT molecular complexity index is 924. The molecule has 2 amide bonds. The Morgan fingerprint density at radius 3 is 2.88 bits per heavy atom. The molecular weight excluding hydrogens is 318 g/mol. The summed E-state index contributed by atoms with van der Waals surface area (Å²) in [5.41, 5.74) is 3.88. The summed E-state index contributed by atoms with van der Waals surface area (Å²) in [6.07, 6.45) is 4.52. The van der Waals surface area contributed by atoms with Gasteiger partial charge in [0.25, 0.3) is 5.56 Å². The molecule has 7 heteroatoms. The number of aromatic amines is 1. The molecule has 0 spiro atoms. The van der Waals surface area contributed by atoms with Gasteiger partial charge in [-0.1, -0.05) is 6.07 Å². The highest BCUT2D eigenvalue weighted by Crippen LogP contribution is 2.05. The second-order valence-corrected chi connectivity index (χ2v) is 6.00. The number of aromatic nitrogens is 3. The van der Waals surface area contributed by atoms with E-state index in [1.807, 2.05) is 54.9 Å². The number of fused-ring (bicyclic) bond motifs is 1. The van der Waals surface area contributed by atoms with Crippen molar-refractivity contribution in [1.82, 2.24) is 25.0 Å². The maximum Gasteiger partial charge on any atom is 0.315 e. The highest BCUT2D eigenvalue weighted by molar-refractivity contribution is 5.73. The molecule has 3 heterocycles. The zero-order valence-corrected chi connectivity index (χ0v) is 14.3. The third-order valence-electron chi connectivity index (χ3n) is 4.00. The second-order valence-electron chi connectivity index (χ2n) is 6.00. The van der Waals surface area contributed by atoms with Gasteiger partial charge in [0.15, 0.2) is 0 Å². The summed E-state index contributed by atoms with van der Waals surface area (Å²) in [6, 6.07) is 7.40. The van der Waals surface area contributed by atoms with Crippen LogP contribution in [0.25, 0.3) is 5.65 Å². The van der Waals surface area contributed by atoms with E-state index in [2.05, 4.69) is 20.6 Å². The van der Waals surface area contributed by atoms with Crippen LogP contribution in [0.5, 0.6) is 0 Å². The van der Waals surface area contributed by atoms with E-state index in [0.717, 1.165) is 22.6 Å². The van der Waals surface area contributed by atoms with E-state index < -0.39 is 0 Å². The van der Waals surface area contributed by atoms with Crippen molar-refractivity contribution >= 4 is 11.7 Å². The summed E-state index contributed by atoms with van der Waals surface area (Å²) in [4.78, 5) is 31.1. The van der Waals surface area contributed by atoms with Gasteiger partial charge in [0.05, 0.1) is 12.2 Å². The average Bonchev–Trinajstić information content (AvgIpc) is 2.96. The van der Waals surface area contributed by atoms with E-state index in [4.69, 9.17) is 0 Å². The van der Waals surface area contributed by atoms with Crippen molar-refractivity contribution in [2.75, 3.05) is 6.54 Å². The number of rotatable bonds is 5. The molecule has 7 nitrogen and oxygen atoms in total. The molecule has 3 aromatic heterocycles. The highest BCUT2D eigenvalue weighted by atomic mass is 16.2. The number of imidazole rings is 1. The lowest BCUT2D eigenvalue weighted by Crippen LogP contribution is -2.37. The molecule has 0 aromatic carbocycles. The first-order chi connectivity index (χ1) is 12.0. The Balaban J connectivity index is 1.49. The summed E-state index contributed by atoms with van der Waals surface area (Å²) in [7, 11) is 0. The zero-order valence-electron chi connectivity index (χ0n) is 14.3. The number of carbonyl (C=O) groups is 1. The van der Waals surface area contributed by atoms with E-state index >= 15 is 0 Å². The van der Waals surface area contributed by atoms with Crippen LogP contribution in [0.1, 0.15) is 22.5 Å². The van der Waals surface area contributed by atoms with Crippen molar-refractivity contribution in [2.45, 2.75) is 26.8 Å². The lowest BCUT2D eigenvalue weighted by Gasteiger charge is -2.09. The van der Waals surface area contributed by atoms with Crippen molar-refractivity contribution in [1.29, 1.82) is 0 Å². The third kappa shape index (κ3) is 4.06. The van der Waals surface area contributed by atoms with Crippen LogP contribution >= 0.6 is 0 Å². The van der Waals surface area contributed by atoms with Crippen molar-refractivity contribution < 1.29 is 4.79 Å². The second kappa shape index (κ2) is 7.21. The number of hydrogen-bond acceptors (Lipinski definition) is 3. The molecule has 0 aliphatic carbocycles. The third-order valence-corrected chi connectivity index (χ3v) is 4.00. The van der Waals surface area contributed by atoms with Gasteiger partial charge in [0, 0.05) is 36.6 Å². The highest BCUT2D eigenvalue weighted by Gasteiger charge is 2.07. The number of nitrogens with one attached hydrogen (secondary N) is 3. The Hall–Kier alpha value is -3.09. The number of amides is 2. The van der Waals surface area contributed by atoms with Gasteiger partial charge in [-0.25, -0.2) is 9.78 Å².